The first-order valence-corrected chi connectivity index (χ1v) is 8.83. The molecule has 0 bridgehead atoms. The number of aryl methyl sites for hydroxylation is 1. The summed E-state index contributed by atoms with van der Waals surface area (Å²) in [5, 5.41) is 12.7. The van der Waals surface area contributed by atoms with E-state index in [0.29, 0.717) is 12.1 Å². The number of nitrogens with one attached hydrogen (secondary N) is 1. The molecule has 0 amide bonds. The van der Waals surface area contributed by atoms with Crippen LogP contribution in [0.4, 0.5) is 0 Å². The van der Waals surface area contributed by atoms with Crippen LogP contribution in [0.5, 0.6) is 0 Å². The first-order chi connectivity index (χ1) is 10.1. The van der Waals surface area contributed by atoms with E-state index in [1.54, 1.807) is 0 Å². The van der Waals surface area contributed by atoms with Gasteiger partial charge in [0.2, 0.25) is 0 Å². The molecular weight excluding hydrogens is 260 g/mol. The van der Waals surface area contributed by atoms with E-state index in [-0.39, 0.29) is 0 Å². The molecule has 4 unspecified atom stereocenters. The van der Waals surface area contributed by atoms with Gasteiger partial charge >= 0.3 is 0 Å². The van der Waals surface area contributed by atoms with Crippen LogP contribution in [0.3, 0.4) is 0 Å². The van der Waals surface area contributed by atoms with Crippen molar-refractivity contribution in [2.75, 3.05) is 0 Å². The van der Waals surface area contributed by atoms with E-state index in [9.17, 15) is 0 Å². The summed E-state index contributed by atoms with van der Waals surface area (Å²) in [6.45, 7) is 8.14. The lowest BCUT2D eigenvalue weighted by Crippen LogP contribution is -2.38. The van der Waals surface area contributed by atoms with Gasteiger partial charge in [0.25, 0.3) is 0 Å². The number of hydrogen-bond acceptors (Lipinski definition) is 3. The van der Waals surface area contributed by atoms with Crippen molar-refractivity contribution < 1.29 is 0 Å². The van der Waals surface area contributed by atoms with Gasteiger partial charge in [0, 0.05) is 19.0 Å². The summed E-state index contributed by atoms with van der Waals surface area (Å²) in [4.78, 5) is 0. The lowest BCUT2D eigenvalue weighted by atomic mass is 9.79. The molecule has 4 atom stereocenters. The van der Waals surface area contributed by atoms with Gasteiger partial charge in [-0.05, 0) is 50.9 Å². The number of hydrogen-bond donors (Lipinski definition) is 1. The van der Waals surface area contributed by atoms with Crippen LogP contribution < -0.4 is 5.32 Å². The second kappa shape index (κ2) is 6.47. The Morgan fingerprint density at radius 1 is 1.10 bits per heavy atom. The predicted molar refractivity (Wildman–Crippen MR) is 85.1 cm³/mol. The van der Waals surface area contributed by atoms with Crippen LogP contribution >= 0.6 is 0 Å². The first kappa shape index (κ1) is 15.0. The molecule has 1 aromatic rings. The maximum absolute atomic E-state index is 4.49. The van der Waals surface area contributed by atoms with Crippen molar-refractivity contribution in [2.24, 2.45) is 11.8 Å². The molecule has 4 heteroatoms. The largest absolute Gasteiger partial charge is 0.314 e. The third-order valence-corrected chi connectivity index (χ3v) is 5.61. The van der Waals surface area contributed by atoms with Crippen molar-refractivity contribution >= 4 is 0 Å². The van der Waals surface area contributed by atoms with Crippen molar-refractivity contribution in [1.82, 2.24) is 20.1 Å². The lowest BCUT2D eigenvalue weighted by Gasteiger charge is -2.34. The summed E-state index contributed by atoms with van der Waals surface area (Å²) in [5.74, 6) is 4.06. The van der Waals surface area contributed by atoms with Crippen LogP contribution in [0.25, 0.3) is 0 Å². The number of aromatic nitrogens is 3. The normalized spacial score (nSPS) is 31.5. The van der Waals surface area contributed by atoms with Gasteiger partial charge in [-0.25, -0.2) is 0 Å². The zero-order valence-corrected chi connectivity index (χ0v) is 13.8. The first-order valence-electron chi connectivity index (χ1n) is 8.83. The Morgan fingerprint density at radius 2 is 1.95 bits per heavy atom. The van der Waals surface area contributed by atoms with Gasteiger partial charge in [-0.3, -0.25) is 0 Å². The van der Waals surface area contributed by atoms with E-state index in [1.807, 2.05) is 0 Å². The minimum atomic E-state index is 0.315. The Hall–Kier alpha value is -0.900. The third-order valence-electron chi connectivity index (χ3n) is 5.61. The van der Waals surface area contributed by atoms with Gasteiger partial charge in [0.1, 0.15) is 11.6 Å². The molecule has 3 rings (SSSR count). The maximum atomic E-state index is 4.49. The molecule has 1 aliphatic heterocycles. The number of rotatable bonds is 3. The van der Waals surface area contributed by atoms with E-state index >= 15 is 0 Å². The Kier molecular flexibility index (Phi) is 4.63. The second-order valence-electron chi connectivity index (χ2n) is 7.29. The molecule has 2 aliphatic rings. The molecule has 2 heterocycles. The molecule has 4 nitrogen and oxygen atoms in total. The van der Waals surface area contributed by atoms with Crippen LogP contribution in [0.15, 0.2) is 0 Å². The standard InChI is InChI=1S/C17H30N4/c1-12-8-9-15(11-13(12)2)18-14(3)17-20-19-16-7-5-4-6-10-21(16)17/h12-15,18H,4-11H2,1-3H3. The van der Waals surface area contributed by atoms with Crippen molar-refractivity contribution in [3.8, 4) is 0 Å². The van der Waals surface area contributed by atoms with Crippen molar-refractivity contribution in [3.05, 3.63) is 11.6 Å². The third kappa shape index (κ3) is 3.31. The molecule has 0 saturated heterocycles. The molecular formula is C17H30N4. The van der Waals surface area contributed by atoms with E-state index in [4.69, 9.17) is 0 Å². The highest BCUT2D eigenvalue weighted by molar-refractivity contribution is 5.02. The highest BCUT2D eigenvalue weighted by Gasteiger charge is 2.27. The van der Waals surface area contributed by atoms with Crippen LogP contribution in [-0.4, -0.2) is 20.8 Å². The average molecular weight is 290 g/mol. The fraction of sp³-hybridized carbons (Fsp3) is 0.882. The highest BCUT2D eigenvalue weighted by Crippen LogP contribution is 2.30. The molecule has 1 saturated carbocycles. The van der Waals surface area contributed by atoms with E-state index < -0.39 is 0 Å². The van der Waals surface area contributed by atoms with Gasteiger partial charge in [0.05, 0.1) is 6.04 Å². The van der Waals surface area contributed by atoms with Crippen LogP contribution in [0.1, 0.15) is 77.0 Å². The summed E-state index contributed by atoms with van der Waals surface area (Å²) < 4.78 is 2.37. The van der Waals surface area contributed by atoms with Gasteiger partial charge in [-0.2, -0.15) is 0 Å². The monoisotopic (exact) mass is 290 g/mol. The van der Waals surface area contributed by atoms with Crippen molar-refractivity contribution in [3.63, 3.8) is 0 Å². The minimum Gasteiger partial charge on any atom is -0.314 e. The molecule has 21 heavy (non-hydrogen) atoms. The zero-order valence-electron chi connectivity index (χ0n) is 13.8. The smallest absolute Gasteiger partial charge is 0.149 e. The van der Waals surface area contributed by atoms with Gasteiger partial charge in [-0.15, -0.1) is 10.2 Å². The van der Waals surface area contributed by atoms with Gasteiger partial charge in [-0.1, -0.05) is 20.3 Å². The van der Waals surface area contributed by atoms with E-state index in [2.05, 4.69) is 40.9 Å². The zero-order chi connectivity index (χ0) is 14.8. The van der Waals surface area contributed by atoms with Crippen molar-refractivity contribution in [2.45, 2.75) is 84.3 Å². The summed E-state index contributed by atoms with van der Waals surface area (Å²) in [5.41, 5.74) is 0. The topological polar surface area (TPSA) is 42.7 Å². The lowest BCUT2D eigenvalue weighted by molar-refractivity contribution is 0.215. The van der Waals surface area contributed by atoms with Crippen LogP contribution in [-0.2, 0) is 13.0 Å². The van der Waals surface area contributed by atoms with Crippen LogP contribution in [0.2, 0.25) is 0 Å². The number of fused-ring (bicyclic) bond motifs is 1. The van der Waals surface area contributed by atoms with E-state index in [0.717, 1.165) is 30.6 Å². The van der Waals surface area contributed by atoms with Gasteiger partial charge in [0.15, 0.2) is 0 Å². The molecule has 0 spiro atoms. The summed E-state index contributed by atoms with van der Waals surface area (Å²) in [6.07, 6.45) is 8.90. The summed E-state index contributed by atoms with van der Waals surface area (Å²) >= 11 is 0. The van der Waals surface area contributed by atoms with Crippen molar-refractivity contribution in [1.29, 1.82) is 0 Å². The van der Waals surface area contributed by atoms with Crippen LogP contribution in [0, 0.1) is 11.8 Å². The van der Waals surface area contributed by atoms with Gasteiger partial charge < -0.3 is 9.88 Å². The minimum absolute atomic E-state index is 0.315. The fourth-order valence-electron chi connectivity index (χ4n) is 3.95. The molecule has 0 radical (unpaired) electrons. The Labute approximate surface area is 128 Å². The predicted octanol–water partition coefficient (Wildman–Crippen LogP) is 3.48. The Bertz CT molecular complexity index is 467. The molecule has 1 fully saturated rings. The second-order valence-corrected chi connectivity index (χ2v) is 7.29. The SMILES string of the molecule is CC(NC1CCC(C)C(C)C1)c1nnc2n1CCCCC2. The molecule has 118 valence electrons. The van der Waals surface area contributed by atoms with E-state index in [1.165, 1.54) is 44.3 Å². The quantitative estimate of drug-likeness (QED) is 0.926. The average Bonchev–Trinajstić information content (AvgIpc) is 2.72. The Morgan fingerprint density at radius 3 is 2.76 bits per heavy atom. The highest BCUT2D eigenvalue weighted by atomic mass is 15.3. The summed E-state index contributed by atoms with van der Waals surface area (Å²) in [7, 11) is 0. The maximum Gasteiger partial charge on any atom is 0.149 e. The molecule has 1 aromatic heterocycles. The molecule has 1 N–H and O–H groups in total. The summed E-state index contributed by atoms with van der Waals surface area (Å²) in [6, 6.07) is 0.958. The molecule has 1 aliphatic carbocycles. The fourth-order valence-corrected chi connectivity index (χ4v) is 3.95. The molecule has 0 aromatic carbocycles. The number of nitrogens with zero attached hydrogens (tertiary/aromatic N) is 3. The Balaban J connectivity index is 1.66.